The molecule has 26 heavy (non-hydrogen) atoms. The molecule has 7 heteroatoms. The summed E-state index contributed by atoms with van der Waals surface area (Å²) in [5.74, 6) is -0.517. The molecule has 1 aromatic heterocycles. The van der Waals surface area contributed by atoms with Crippen molar-refractivity contribution in [1.29, 1.82) is 0 Å². The van der Waals surface area contributed by atoms with Crippen LogP contribution in [0.4, 0.5) is 0 Å². The largest absolute Gasteiger partial charge is 0.364 e. The number of hydrogen-bond acceptors (Lipinski definition) is 3. The number of thioether (sulfide) groups is 1. The Labute approximate surface area is 167 Å². The van der Waals surface area contributed by atoms with Gasteiger partial charge in [-0.15, -0.1) is 11.8 Å². The van der Waals surface area contributed by atoms with Crippen molar-refractivity contribution in [3.05, 3.63) is 56.2 Å². The van der Waals surface area contributed by atoms with Crippen molar-refractivity contribution in [2.75, 3.05) is 0 Å². The van der Waals surface area contributed by atoms with Crippen molar-refractivity contribution in [3.63, 3.8) is 0 Å². The first-order valence-electron chi connectivity index (χ1n) is 8.68. The van der Waals surface area contributed by atoms with E-state index in [1.165, 1.54) is 4.91 Å². The first-order chi connectivity index (χ1) is 12.5. The summed E-state index contributed by atoms with van der Waals surface area (Å²) < 4.78 is 1.78. The average Bonchev–Trinajstić information content (AvgIpc) is 3.19. The second-order valence-electron chi connectivity index (χ2n) is 6.20. The SMILES string of the molecule is CCCC1=CCC(c2c(CC)c(C(N)=O)nn2-c2ccc(Cl)cc2Cl)S1. The molecule has 1 aliphatic rings. The molecule has 1 atom stereocenters. The summed E-state index contributed by atoms with van der Waals surface area (Å²) in [5, 5.41) is 5.77. The van der Waals surface area contributed by atoms with Crippen LogP contribution in [0.25, 0.3) is 5.69 Å². The summed E-state index contributed by atoms with van der Waals surface area (Å²) in [5.41, 5.74) is 8.52. The van der Waals surface area contributed by atoms with Crippen LogP contribution in [0.3, 0.4) is 0 Å². The molecule has 0 radical (unpaired) electrons. The third-order valence-electron chi connectivity index (χ3n) is 4.40. The molecular formula is C19H21Cl2N3OS. The second-order valence-corrected chi connectivity index (χ2v) is 8.37. The van der Waals surface area contributed by atoms with Crippen LogP contribution < -0.4 is 5.73 Å². The Bertz CT molecular complexity index is 876. The molecule has 0 saturated carbocycles. The molecule has 138 valence electrons. The van der Waals surface area contributed by atoms with E-state index >= 15 is 0 Å². The molecule has 1 aromatic carbocycles. The number of allylic oxidation sites excluding steroid dienone is 2. The molecule has 1 unspecified atom stereocenters. The zero-order valence-corrected chi connectivity index (χ0v) is 17.1. The van der Waals surface area contributed by atoms with E-state index in [0.717, 1.165) is 30.5 Å². The van der Waals surface area contributed by atoms with Gasteiger partial charge in [-0.05, 0) is 42.4 Å². The number of rotatable bonds is 6. The highest BCUT2D eigenvalue weighted by atomic mass is 35.5. The van der Waals surface area contributed by atoms with E-state index in [-0.39, 0.29) is 5.25 Å². The van der Waals surface area contributed by atoms with Gasteiger partial charge in [0.05, 0.1) is 21.7 Å². The molecule has 0 fully saturated rings. The third kappa shape index (κ3) is 3.66. The number of primary amides is 1. The molecule has 0 bridgehead atoms. The fraction of sp³-hybridized carbons (Fsp3) is 0.368. The summed E-state index contributed by atoms with van der Waals surface area (Å²) in [6.07, 6.45) is 6.05. The highest BCUT2D eigenvalue weighted by molar-refractivity contribution is 8.03. The number of benzene rings is 1. The maximum absolute atomic E-state index is 12.0. The van der Waals surface area contributed by atoms with E-state index in [1.54, 1.807) is 16.8 Å². The lowest BCUT2D eigenvalue weighted by Crippen LogP contribution is -2.14. The summed E-state index contributed by atoms with van der Waals surface area (Å²) in [6, 6.07) is 5.28. The number of nitrogens with two attached hydrogens (primary N) is 1. The van der Waals surface area contributed by atoms with Gasteiger partial charge in [-0.2, -0.15) is 5.10 Å². The molecule has 4 nitrogen and oxygen atoms in total. The first-order valence-corrected chi connectivity index (χ1v) is 10.3. The van der Waals surface area contributed by atoms with Gasteiger partial charge < -0.3 is 5.73 Å². The molecule has 2 heterocycles. The van der Waals surface area contributed by atoms with Gasteiger partial charge in [-0.25, -0.2) is 4.68 Å². The van der Waals surface area contributed by atoms with Gasteiger partial charge in [0.1, 0.15) is 0 Å². The summed E-state index contributed by atoms with van der Waals surface area (Å²) in [4.78, 5) is 13.4. The highest BCUT2D eigenvalue weighted by Crippen LogP contribution is 2.47. The number of carbonyl (C=O) groups is 1. The topological polar surface area (TPSA) is 60.9 Å². The second kappa shape index (κ2) is 8.07. The molecule has 1 amide bonds. The zero-order valence-electron chi connectivity index (χ0n) is 14.8. The molecule has 0 aliphatic carbocycles. The third-order valence-corrected chi connectivity index (χ3v) is 6.31. The van der Waals surface area contributed by atoms with Crippen molar-refractivity contribution in [2.45, 2.75) is 44.8 Å². The Hall–Kier alpha value is -1.43. The average molecular weight is 410 g/mol. The van der Waals surface area contributed by atoms with Crippen LogP contribution in [0.15, 0.2) is 29.2 Å². The van der Waals surface area contributed by atoms with Crippen LogP contribution in [-0.4, -0.2) is 15.7 Å². The van der Waals surface area contributed by atoms with Crippen LogP contribution in [0.1, 0.15) is 60.1 Å². The Morgan fingerprint density at radius 2 is 2.15 bits per heavy atom. The minimum absolute atomic E-state index is 0.193. The normalized spacial score (nSPS) is 16.8. The first kappa shape index (κ1) is 19.3. The Kier molecular flexibility index (Phi) is 6.00. The Morgan fingerprint density at radius 3 is 2.77 bits per heavy atom. The minimum Gasteiger partial charge on any atom is -0.364 e. The van der Waals surface area contributed by atoms with Gasteiger partial charge in [0.15, 0.2) is 5.69 Å². The fourth-order valence-electron chi connectivity index (χ4n) is 3.27. The van der Waals surface area contributed by atoms with E-state index in [9.17, 15) is 4.79 Å². The van der Waals surface area contributed by atoms with Gasteiger partial charge in [-0.3, -0.25) is 4.79 Å². The number of amides is 1. The monoisotopic (exact) mass is 409 g/mol. The molecule has 0 spiro atoms. The van der Waals surface area contributed by atoms with Crippen LogP contribution in [0.5, 0.6) is 0 Å². The van der Waals surface area contributed by atoms with E-state index in [4.69, 9.17) is 28.9 Å². The van der Waals surface area contributed by atoms with Crippen molar-refractivity contribution in [3.8, 4) is 5.69 Å². The number of hydrogen-bond donors (Lipinski definition) is 1. The number of halogens is 2. The van der Waals surface area contributed by atoms with Crippen molar-refractivity contribution < 1.29 is 4.79 Å². The summed E-state index contributed by atoms with van der Waals surface area (Å²) >= 11 is 14.3. The molecular weight excluding hydrogens is 389 g/mol. The van der Waals surface area contributed by atoms with Crippen molar-refractivity contribution >= 4 is 40.9 Å². The van der Waals surface area contributed by atoms with Gasteiger partial charge in [0.25, 0.3) is 5.91 Å². The quantitative estimate of drug-likeness (QED) is 0.664. The lowest BCUT2D eigenvalue weighted by molar-refractivity contribution is 0.0994. The van der Waals surface area contributed by atoms with Crippen molar-refractivity contribution in [2.24, 2.45) is 5.73 Å². The molecule has 2 N–H and O–H groups in total. The maximum Gasteiger partial charge on any atom is 0.269 e. The lowest BCUT2D eigenvalue weighted by atomic mass is 10.1. The van der Waals surface area contributed by atoms with Crippen molar-refractivity contribution in [1.82, 2.24) is 9.78 Å². The molecule has 3 rings (SSSR count). The standard InChI is InChI=1S/C19H21Cl2N3OS/c1-3-5-12-7-9-16(26-12)18-13(4-2)17(19(22)25)23-24(18)15-8-6-11(20)10-14(15)21/h6-8,10,16H,3-5,9H2,1-2H3,(H2,22,25). The van der Waals surface area contributed by atoms with Crippen LogP contribution in [-0.2, 0) is 6.42 Å². The van der Waals surface area contributed by atoms with E-state index in [1.807, 2.05) is 24.8 Å². The Balaban J connectivity index is 2.13. The fourth-order valence-corrected chi connectivity index (χ4v) is 5.18. The zero-order chi connectivity index (χ0) is 18.8. The Morgan fingerprint density at radius 1 is 1.38 bits per heavy atom. The van der Waals surface area contributed by atoms with Crippen LogP contribution in [0, 0.1) is 0 Å². The highest BCUT2D eigenvalue weighted by Gasteiger charge is 2.30. The van der Waals surface area contributed by atoms with Gasteiger partial charge >= 0.3 is 0 Å². The number of aromatic nitrogens is 2. The molecule has 0 saturated heterocycles. The van der Waals surface area contributed by atoms with E-state index in [0.29, 0.717) is 27.8 Å². The van der Waals surface area contributed by atoms with Gasteiger partial charge in [0.2, 0.25) is 0 Å². The van der Waals surface area contributed by atoms with Gasteiger partial charge in [-0.1, -0.05) is 49.5 Å². The minimum atomic E-state index is -0.517. The van der Waals surface area contributed by atoms with E-state index in [2.05, 4.69) is 18.1 Å². The maximum atomic E-state index is 12.0. The smallest absolute Gasteiger partial charge is 0.269 e. The number of carbonyl (C=O) groups excluding carboxylic acids is 1. The predicted molar refractivity (Wildman–Crippen MR) is 109 cm³/mol. The summed E-state index contributed by atoms with van der Waals surface area (Å²) in [7, 11) is 0. The lowest BCUT2D eigenvalue weighted by Gasteiger charge is -2.16. The van der Waals surface area contributed by atoms with Crippen LogP contribution >= 0.6 is 35.0 Å². The number of nitrogens with zero attached hydrogens (tertiary/aromatic N) is 2. The molecule has 2 aromatic rings. The predicted octanol–water partition coefficient (Wildman–Crippen LogP) is 5.70. The molecule has 1 aliphatic heterocycles. The summed E-state index contributed by atoms with van der Waals surface area (Å²) in [6.45, 7) is 4.19. The van der Waals surface area contributed by atoms with E-state index < -0.39 is 5.91 Å². The van der Waals surface area contributed by atoms with Gasteiger partial charge in [0, 0.05) is 10.6 Å². The van der Waals surface area contributed by atoms with Crippen LogP contribution in [0.2, 0.25) is 10.0 Å².